The number of para-hydroxylation sites is 2. The molecule has 2 aromatic carbocycles. The highest BCUT2D eigenvalue weighted by atomic mass is 35.5. The molecule has 0 saturated carbocycles. The number of halogens is 2. The van der Waals surface area contributed by atoms with Gasteiger partial charge in [-0.05, 0) is 31.4 Å². The molecule has 1 aliphatic heterocycles. The van der Waals surface area contributed by atoms with Gasteiger partial charge in [0, 0.05) is 5.56 Å². The summed E-state index contributed by atoms with van der Waals surface area (Å²) >= 11 is 0. The van der Waals surface area contributed by atoms with Crippen LogP contribution in [0.25, 0.3) is 28.1 Å². The fourth-order valence-electron chi connectivity index (χ4n) is 4.36. The molecule has 1 aliphatic rings. The minimum Gasteiger partial charge on any atom is -1.00 e. The number of quaternary nitrogens is 1. The van der Waals surface area contributed by atoms with Gasteiger partial charge in [-0.1, -0.05) is 42.5 Å². The maximum absolute atomic E-state index is 3.64. The predicted molar refractivity (Wildman–Crippen MR) is 104 cm³/mol. The number of aromatic nitrogens is 3. The number of H-pyrrole nitrogens is 1. The fraction of sp³-hybridized carbons (Fsp3) is 0.318. The van der Waals surface area contributed by atoms with Crippen molar-refractivity contribution in [1.29, 1.82) is 0 Å². The van der Waals surface area contributed by atoms with Gasteiger partial charge in [-0.2, -0.15) is 4.40 Å². The van der Waals surface area contributed by atoms with Gasteiger partial charge in [0.25, 0.3) is 0 Å². The van der Waals surface area contributed by atoms with E-state index in [1.165, 1.54) is 67.0 Å². The van der Waals surface area contributed by atoms with Crippen molar-refractivity contribution >= 4 is 16.8 Å². The lowest BCUT2D eigenvalue weighted by molar-refractivity contribution is -0.905. The number of aromatic amines is 1. The molecule has 6 heteroatoms. The van der Waals surface area contributed by atoms with Gasteiger partial charge in [0.05, 0.1) is 13.1 Å². The van der Waals surface area contributed by atoms with Gasteiger partial charge in [0.2, 0.25) is 0 Å². The van der Waals surface area contributed by atoms with Gasteiger partial charge >= 0.3 is 5.78 Å². The molecule has 0 atom stereocenters. The van der Waals surface area contributed by atoms with E-state index in [1.54, 1.807) is 4.90 Å². The number of hydrogen-bond acceptors (Lipinski definition) is 0. The van der Waals surface area contributed by atoms with E-state index in [0.29, 0.717) is 0 Å². The molecule has 0 spiro atoms. The van der Waals surface area contributed by atoms with Crippen LogP contribution in [-0.2, 0) is 6.54 Å². The van der Waals surface area contributed by atoms with Crippen molar-refractivity contribution in [2.24, 2.45) is 0 Å². The Hall–Kier alpha value is -2.01. The third kappa shape index (κ3) is 3.77. The van der Waals surface area contributed by atoms with E-state index < -0.39 is 0 Å². The number of likely N-dealkylation sites (tertiary alicyclic amines) is 1. The fourth-order valence-corrected chi connectivity index (χ4v) is 4.36. The first kappa shape index (κ1) is 20.7. The van der Waals surface area contributed by atoms with Gasteiger partial charge in [-0.15, -0.1) is 0 Å². The molecule has 1 saturated heterocycles. The molecule has 4 nitrogen and oxygen atoms in total. The molecule has 0 unspecified atom stereocenters. The van der Waals surface area contributed by atoms with Gasteiger partial charge in [0.1, 0.15) is 36.0 Å². The standard InChI is InChI=1S/C22H24N4.2ClH/c1-3-9-18(10-4-1)21-17-26-20-12-6-5-11-19(20)23-22(26)25(21)16-15-24-13-7-2-8-14-24;;/h1,3-6,9-12,17H,2,7-8,13-16H2;2*1H. The van der Waals surface area contributed by atoms with E-state index in [0.717, 1.165) is 6.54 Å². The highest BCUT2D eigenvalue weighted by molar-refractivity contribution is 5.74. The van der Waals surface area contributed by atoms with Crippen LogP contribution in [0, 0.1) is 0 Å². The summed E-state index contributed by atoms with van der Waals surface area (Å²) in [5.74, 6) is 1.18. The van der Waals surface area contributed by atoms with E-state index in [2.05, 4.69) is 74.7 Å². The average Bonchev–Trinajstić information content (AvgIpc) is 3.24. The van der Waals surface area contributed by atoms with Crippen LogP contribution in [0.5, 0.6) is 0 Å². The topological polar surface area (TPSA) is 29.3 Å². The van der Waals surface area contributed by atoms with E-state index in [1.807, 2.05) is 0 Å². The minimum atomic E-state index is 0. The van der Waals surface area contributed by atoms with Crippen LogP contribution >= 0.6 is 0 Å². The number of fused-ring (bicyclic) bond motifs is 3. The normalized spacial score (nSPS) is 14.7. The third-order valence-corrected chi connectivity index (χ3v) is 5.76. The Morgan fingerprint density at radius 2 is 1.61 bits per heavy atom. The number of piperidine rings is 1. The summed E-state index contributed by atoms with van der Waals surface area (Å²) in [5.41, 5.74) is 5.01. The Morgan fingerprint density at radius 1 is 0.893 bits per heavy atom. The van der Waals surface area contributed by atoms with Gasteiger partial charge in [0.15, 0.2) is 0 Å². The molecule has 4 aromatic rings. The van der Waals surface area contributed by atoms with Crippen molar-refractivity contribution in [2.75, 3.05) is 19.6 Å². The number of benzene rings is 2. The Balaban J connectivity index is 0.00000112. The Bertz CT molecular complexity index is 1030. The highest BCUT2D eigenvalue weighted by Crippen LogP contribution is 2.22. The van der Waals surface area contributed by atoms with Crippen molar-refractivity contribution in [1.82, 2.24) is 9.55 Å². The third-order valence-electron chi connectivity index (χ3n) is 5.76. The van der Waals surface area contributed by atoms with Crippen LogP contribution in [0.15, 0.2) is 60.8 Å². The number of nitrogens with zero attached hydrogens (tertiary/aromatic N) is 2. The van der Waals surface area contributed by atoms with Crippen molar-refractivity contribution in [3.63, 3.8) is 0 Å². The largest absolute Gasteiger partial charge is 1.00 e. The Morgan fingerprint density at radius 3 is 2.39 bits per heavy atom. The molecule has 28 heavy (non-hydrogen) atoms. The van der Waals surface area contributed by atoms with Crippen molar-refractivity contribution < 1.29 is 34.1 Å². The molecule has 5 rings (SSSR count). The van der Waals surface area contributed by atoms with Crippen LogP contribution < -0.4 is 34.1 Å². The summed E-state index contributed by atoms with van der Waals surface area (Å²) in [7, 11) is 0. The second-order valence-corrected chi connectivity index (χ2v) is 7.43. The molecule has 2 N–H and O–H groups in total. The van der Waals surface area contributed by atoms with Crippen molar-refractivity contribution in [3.05, 3.63) is 60.8 Å². The molecular formula is C22H26Cl2N4. The van der Waals surface area contributed by atoms with Crippen molar-refractivity contribution in [2.45, 2.75) is 25.8 Å². The molecule has 0 amide bonds. The molecule has 148 valence electrons. The number of rotatable bonds is 4. The molecule has 0 radical (unpaired) electrons. The van der Waals surface area contributed by atoms with Crippen LogP contribution in [0.2, 0.25) is 0 Å². The lowest BCUT2D eigenvalue weighted by Crippen LogP contribution is -3.13. The lowest BCUT2D eigenvalue weighted by atomic mass is 10.1. The summed E-state index contributed by atoms with van der Waals surface area (Å²) in [4.78, 5) is 5.39. The number of hydrogen-bond donors (Lipinski definition) is 2. The Kier molecular flexibility index (Phi) is 6.65. The SMILES string of the molecule is [Cl-].[Cl-].c1ccc(-c2c[n+]3c4ccccc4[nH]c3n2CC[NH+]2CCCCC2)cc1. The monoisotopic (exact) mass is 416 g/mol. The zero-order chi connectivity index (χ0) is 17.3. The molecule has 2 aromatic heterocycles. The average molecular weight is 417 g/mol. The van der Waals surface area contributed by atoms with Crippen LogP contribution in [0.1, 0.15) is 19.3 Å². The van der Waals surface area contributed by atoms with E-state index in [9.17, 15) is 0 Å². The summed E-state index contributed by atoms with van der Waals surface area (Å²) in [6.45, 7) is 4.89. The maximum atomic E-state index is 3.64. The first-order chi connectivity index (χ1) is 12.9. The second-order valence-electron chi connectivity index (χ2n) is 7.43. The predicted octanol–water partition coefficient (Wildman–Crippen LogP) is -3.55. The Labute approximate surface area is 178 Å². The minimum absolute atomic E-state index is 0. The highest BCUT2D eigenvalue weighted by Gasteiger charge is 2.23. The van der Waals surface area contributed by atoms with E-state index in [-0.39, 0.29) is 24.8 Å². The van der Waals surface area contributed by atoms with Crippen molar-refractivity contribution in [3.8, 4) is 11.3 Å². The molecule has 3 heterocycles. The first-order valence-electron chi connectivity index (χ1n) is 9.81. The van der Waals surface area contributed by atoms with E-state index >= 15 is 0 Å². The summed E-state index contributed by atoms with van der Waals surface area (Å²) in [6, 6.07) is 19.3. The van der Waals surface area contributed by atoms with Crippen LogP contribution in [0.4, 0.5) is 0 Å². The lowest BCUT2D eigenvalue weighted by Gasteiger charge is -2.23. The summed E-state index contributed by atoms with van der Waals surface area (Å²) < 4.78 is 4.78. The van der Waals surface area contributed by atoms with Gasteiger partial charge in [-0.25, -0.2) is 9.55 Å². The maximum Gasteiger partial charge on any atom is 0.368 e. The quantitative estimate of drug-likeness (QED) is 0.322. The molecule has 0 aliphatic carbocycles. The second kappa shape index (κ2) is 8.99. The van der Waals surface area contributed by atoms with Gasteiger partial charge in [-0.3, -0.25) is 0 Å². The van der Waals surface area contributed by atoms with E-state index in [4.69, 9.17) is 0 Å². The van der Waals surface area contributed by atoms with Crippen LogP contribution in [-0.4, -0.2) is 29.2 Å². The summed E-state index contributed by atoms with van der Waals surface area (Å²) in [5, 5.41) is 0. The van der Waals surface area contributed by atoms with Gasteiger partial charge < -0.3 is 29.7 Å². The molecular weight excluding hydrogens is 391 g/mol. The zero-order valence-electron chi connectivity index (χ0n) is 15.9. The number of imidazole rings is 2. The summed E-state index contributed by atoms with van der Waals surface area (Å²) in [6.07, 6.45) is 6.45. The zero-order valence-corrected chi connectivity index (χ0v) is 17.4. The van der Waals surface area contributed by atoms with Crippen LogP contribution in [0.3, 0.4) is 0 Å². The number of nitrogens with one attached hydrogen (secondary N) is 2. The smallest absolute Gasteiger partial charge is 0.368 e. The first-order valence-corrected chi connectivity index (χ1v) is 9.81. The molecule has 0 bridgehead atoms. The molecule has 1 fully saturated rings.